The first kappa shape index (κ1) is 12.4. The molecule has 0 saturated heterocycles. The number of benzene rings is 1. The Hall–Kier alpha value is -1.68. The zero-order valence-electron chi connectivity index (χ0n) is 9.56. The summed E-state index contributed by atoms with van der Waals surface area (Å²) in [5, 5.41) is 3.82. The van der Waals surface area contributed by atoms with Gasteiger partial charge >= 0.3 is 0 Å². The molecule has 0 aliphatic carbocycles. The quantitative estimate of drug-likeness (QED) is 0.603. The Morgan fingerprint density at radius 3 is 2.75 bits per heavy atom. The highest BCUT2D eigenvalue weighted by Gasteiger charge is 1.96. The predicted molar refractivity (Wildman–Crippen MR) is 63.4 cm³/mol. The van der Waals surface area contributed by atoms with E-state index in [1.807, 2.05) is 38.1 Å². The lowest BCUT2D eigenvalue weighted by molar-refractivity contribution is -0.125. The molecule has 0 radical (unpaired) electrons. The predicted octanol–water partition coefficient (Wildman–Crippen LogP) is 1.48. The van der Waals surface area contributed by atoms with Gasteiger partial charge in [0.25, 0.3) is 5.91 Å². The molecular formula is C12H16N2O2. The van der Waals surface area contributed by atoms with E-state index < -0.39 is 0 Å². The van der Waals surface area contributed by atoms with E-state index in [2.05, 4.69) is 10.5 Å². The minimum Gasteiger partial charge on any atom is -0.372 e. The van der Waals surface area contributed by atoms with Gasteiger partial charge < -0.3 is 4.74 Å². The Morgan fingerprint density at radius 2 is 2.12 bits per heavy atom. The van der Waals surface area contributed by atoms with Gasteiger partial charge in [-0.2, -0.15) is 5.10 Å². The second-order valence-electron chi connectivity index (χ2n) is 3.34. The van der Waals surface area contributed by atoms with Crippen molar-refractivity contribution in [1.29, 1.82) is 0 Å². The van der Waals surface area contributed by atoms with Crippen molar-refractivity contribution < 1.29 is 9.53 Å². The van der Waals surface area contributed by atoms with Crippen molar-refractivity contribution in [1.82, 2.24) is 5.43 Å². The topological polar surface area (TPSA) is 50.7 Å². The molecule has 16 heavy (non-hydrogen) atoms. The van der Waals surface area contributed by atoms with E-state index in [-0.39, 0.29) is 12.5 Å². The van der Waals surface area contributed by atoms with Gasteiger partial charge in [0.1, 0.15) is 6.61 Å². The minimum absolute atomic E-state index is 0.0434. The van der Waals surface area contributed by atoms with Crippen molar-refractivity contribution in [2.45, 2.75) is 13.8 Å². The highest BCUT2D eigenvalue weighted by molar-refractivity contribution is 5.82. The standard InChI is InChI=1S/C12H16N2O2/c1-3-16-9-12(15)14-13-8-11-6-4-10(2)5-7-11/h4-8H,3,9H2,1-2H3,(H,14,15)/b13-8+. The van der Waals surface area contributed by atoms with Crippen LogP contribution in [0.5, 0.6) is 0 Å². The van der Waals surface area contributed by atoms with E-state index in [0.717, 1.165) is 5.56 Å². The van der Waals surface area contributed by atoms with Crippen molar-refractivity contribution in [3.8, 4) is 0 Å². The first-order chi connectivity index (χ1) is 7.72. The number of hydrogen-bond acceptors (Lipinski definition) is 3. The number of carbonyl (C=O) groups excluding carboxylic acids is 1. The average molecular weight is 220 g/mol. The van der Waals surface area contributed by atoms with Gasteiger partial charge in [0, 0.05) is 6.61 Å². The first-order valence-corrected chi connectivity index (χ1v) is 5.18. The normalized spacial score (nSPS) is 10.6. The molecule has 0 aliphatic heterocycles. The maximum atomic E-state index is 11.1. The Kier molecular flexibility index (Phi) is 5.22. The summed E-state index contributed by atoms with van der Waals surface area (Å²) >= 11 is 0. The van der Waals surface area contributed by atoms with Crippen molar-refractivity contribution in [2.24, 2.45) is 5.10 Å². The van der Waals surface area contributed by atoms with E-state index >= 15 is 0 Å². The molecule has 1 rings (SSSR count). The molecular weight excluding hydrogens is 204 g/mol. The number of rotatable bonds is 5. The number of hydrazone groups is 1. The second kappa shape index (κ2) is 6.74. The summed E-state index contributed by atoms with van der Waals surface area (Å²) in [4.78, 5) is 11.1. The largest absolute Gasteiger partial charge is 0.372 e. The molecule has 0 heterocycles. The maximum Gasteiger partial charge on any atom is 0.266 e. The number of ether oxygens (including phenoxy) is 1. The smallest absolute Gasteiger partial charge is 0.266 e. The molecule has 1 aromatic carbocycles. The van der Waals surface area contributed by atoms with Crippen molar-refractivity contribution in [3.63, 3.8) is 0 Å². The molecule has 0 aromatic heterocycles. The molecule has 1 N–H and O–H groups in total. The third-order valence-electron chi connectivity index (χ3n) is 1.92. The van der Waals surface area contributed by atoms with Gasteiger partial charge in [0.2, 0.25) is 0 Å². The van der Waals surface area contributed by atoms with Crippen LogP contribution >= 0.6 is 0 Å². The summed E-state index contributed by atoms with van der Waals surface area (Å²) in [6.45, 7) is 4.42. The fraction of sp³-hybridized carbons (Fsp3) is 0.333. The number of hydrogen-bond donors (Lipinski definition) is 1. The van der Waals surface area contributed by atoms with Crippen LogP contribution in [0, 0.1) is 6.92 Å². The molecule has 0 aliphatic rings. The molecule has 0 spiro atoms. The minimum atomic E-state index is -0.245. The summed E-state index contributed by atoms with van der Waals surface area (Å²) in [5.74, 6) is -0.245. The summed E-state index contributed by atoms with van der Waals surface area (Å²) < 4.78 is 4.93. The molecule has 0 bridgehead atoms. The van der Waals surface area contributed by atoms with Gasteiger partial charge in [-0.05, 0) is 19.4 Å². The van der Waals surface area contributed by atoms with E-state index in [4.69, 9.17) is 4.74 Å². The van der Waals surface area contributed by atoms with Gasteiger partial charge in [0.15, 0.2) is 0 Å². The number of amides is 1. The summed E-state index contributed by atoms with van der Waals surface area (Å²) in [6, 6.07) is 7.85. The van der Waals surface area contributed by atoms with Crippen molar-refractivity contribution >= 4 is 12.1 Å². The van der Waals surface area contributed by atoms with Crippen LogP contribution in [-0.4, -0.2) is 25.3 Å². The summed E-state index contributed by atoms with van der Waals surface area (Å²) in [5.41, 5.74) is 4.52. The van der Waals surface area contributed by atoms with Crippen molar-refractivity contribution in [3.05, 3.63) is 35.4 Å². The first-order valence-electron chi connectivity index (χ1n) is 5.18. The Morgan fingerprint density at radius 1 is 1.44 bits per heavy atom. The van der Waals surface area contributed by atoms with Crippen LogP contribution in [-0.2, 0) is 9.53 Å². The van der Waals surface area contributed by atoms with Gasteiger partial charge in [0.05, 0.1) is 6.21 Å². The van der Waals surface area contributed by atoms with Gasteiger partial charge in [-0.1, -0.05) is 29.8 Å². The SMILES string of the molecule is CCOCC(=O)N/N=C/c1ccc(C)cc1. The van der Waals surface area contributed by atoms with Crippen LogP contribution in [0.2, 0.25) is 0 Å². The molecule has 0 saturated carbocycles. The highest BCUT2D eigenvalue weighted by atomic mass is 16.5. The van der Waals surface area contributed by atoms with Crippen molar-refractivity contribution in [2.75, 3.05) is 13.2 Å². The molecule has 4 heteroatoms. The zero-order valence-corrected chi connectivity index (χ0v) is 9.56. The van der Waals surface area contributed by atoms with Crippen LogP contribution in [0.15, 0.2) is 29.4 Å². The third-order valence-corrected chi connectivity index (χ3v) is 1.92. The van der Waals surface area contributed by atoms with Gasteiger partial charge in [-0.25, -0.2) is 5.43 Å². The Labute approximate surface area is 95.3 Å². The monoisotopic (exact) mass is 220 g/mol. The molecule has 0 unspecified atom stereocenters. The summed E-state index contributed by atoms with van der Waals surface area (Å²) in [6.07, 6.45) is 1.60. The maximum absolute atomic E-state index is 11.1. The van der Waals surface area contributed by atoms with E-state index in [9.17, 15) is 4.79 Å². The van der Waals surface area contributed by atoms with Crippen LogP contribution in [0.4, 0.5) is 0 Å². The van der Waals surface area contributed by atoms with Gasteiger partial charge in [-0.15, -0.1) is 0 Å². The molecule has 0 atom stereocenters. The number of carbonyl (C=O) groups is 1. The van der Waals surface area contributed by atoms with E-state index in [0.29, 0.717) is 6.61 Å². The fourth-order valence-electron chi connectivity index (χ4n) is 1.06. The van der Waals surface area contributed by atoms with Gasteiger partial charge in [-0.3, -0.25) is 4.79 Å². The van der Waals surface area contributed by atoms with Crippen LogP contribution in [0.1, 0.15) is 18.1 Å². The van der Waals surface area contributed by atoms with Crippen LogP contribution in [0.3, 0.4) is 0 Å². The molecule has 86 valence electrons. The van der Waals surface area contributed by atoms with E-state index in [1.54, 1.807) is 6.21 Å². The summed E-state index contributed by atoms with van der Waals surface area (Å²) in [7, 11) is 0. The van der Waals surface area contributed by atoms with Crippen LogP contribution in [0.25, 0.3) is 0 Å². The lowest BCUT2D eigenvalue weighted by Crippen LogP contribution is -2.22. The molecule has 0 fully saturated rings. The number of aryl methyl sites for hydroxylation is 1. The number of nitrogens with zero attached hydrogens (tertiary/aromatic N) is 1. The number of nitrogens with one attached hydrogen (secondary N) is 1. The average Bonchev–Trinajstić information content (AvgIpc) is 2.29. The third kappa shape index (κ3) is 4.70. The lowest BCUT2D eigenvalue weighted by atomic mass is 10.2. The van der Waals surface area contributed by atoms with E-state index in [1.165, 1.54) is 5.56 Å². The van der Waals surface area contributed by atoms with Crippen LogP contribution < -0.4 is 5.43 Å². The highest BCUT2D eigenvalue weighted by Crippen LogP contribution is 1.99. The molecule has 1 amide bonds. The lowest BCUT2D eigenvalue weighted by Gasteiger charge is -1.99. The Bertz CT molecular complexity index is 358. The zero-order chi connectivity index (χ0) is 11.8. The second-order valence-corrected chi connectivity index (χ2v) is 3.34. The molecule has 1 aromatic rings. The fourth-order valence-corrected chi connectivity index (χ4v) is 1.06. The Balaban J connectivity index is 2.37. The molecule has 4 nitrogen and oxygen atoms in total.